The molecular weight excluding hydrogens is 295 g/mol. The van der Waals surface area contributed by atoms with E-state index in [1.165, 1.54) is 12.0 Å². The minimum atomic E-state index is -4.40. The highest BCUT2D eigenvalue weighted by atomic mass is 19.4. The molecule has 0 N–H and O–H groups in total. The van der Waals surface area contributed by atoms with Crippen LogP contribution in [0.1, 0.15) is 12.8 Å². The third-order valence-electron chi connectivity index (χ3n) is 2.84. The number of ether oxygens (including phenoxy) is 3. The van der Waals surface area contributed by atoms with E-state index in [2.05, 4.69) is 9.47 Å². The predicted octanol–water partition coefficient (Wildman–Crippen LogP) is 0.746. The Morgan fingerprint density at radius 1 is 1.38 bits per heavy atom. The first-order chi connectivity index (χ1) is 9.81. The van der Waals surface area contributed by atoms with Gasteiger partial charge in [-0.25, -0.2) is 0 Å². The van der Waals surface area contributed by atoms with Crippen molar-refractivity contribution in [2.75, 3.05) is 40.0 Å². The second-order valence-electron chi connectivity index (χ2n) is 4.53. The Morgan fingerprint density at radius 2 is 2.10 bits per heavy atom. The van der Waals surface area contributed by atoms with Gasteiger partial charge in [-0.2, -0.15) is 13.2 Å². The van der Waals surface area contributed by atoms with Crippen molar-refractivity contribution >= 4 is 11.9 Å². The highest BCUT2D eigenvalue weighted by molar-refractivity contribution is 5.76. The van der Waals surface area contributed by atoms with E-state index in [9.17, 15) is 22.8 Å². The van der Waals surface area contributed by atoms with Crippen LogP contribution >= 0.6 is 0 Å². The Kier molecular flexibility index (Phi) is 6.90. The minimum Gasteiger partial charge on any atom is -0.469 e. The average Bonchev–Trinajstić information content (AvgIpc) is 2.42. The maximum absolute atomic E-state index is 11.9. The van der Waals surface area contributed by atoms with Gasteiger partial charge in [0.25, 0.3) is 0 Å². The van der Waals surface area contributed by atoms with Gasteiger partial charge in [0.2, 0.25) is 5.91 Å². The number of halogens is 3. The summed E-state index contributed by atoms with van der Waals surface area (Å²) in [6.45, 7) is -0.828. The third-order valence-corrected chi connectivity index (χ3v) is 2.84. The van der Waals surface area contributed by atoms with Gasteiger partial charge >= 0.3 is 12.1 Å². The van der Waals surface area contributed by atoms with Crippen LogP contribution in [0.4, 0.5) is 13.2 Å². The Hall–Kier alpha value is -1.35. The molecule has 0 saturated carbocycles. The summed E-state index contributed by atoms with van der Waals surface area (Å²) in [6, 6.07) is 0. The van der Waals surface area contributed by atoms with E-state index in [1.807, 2.05) is 0 Å². The summed E-state index contributed by atoms with van der Waals surface area (Å²) in [7, 11) is 1.26. The number of morpholine rings is 1. The summed E-state index contributed by atoms with van der Waals surface area (Å²) in [5.74, 6) is -0.766. The summed E-state index contributed by atoms with van der Waals surface area (Å²) in [6.07, 6.45) is -4.95. The molecule has 1 fully saturated rings. The number of carbonyl (C=O) groups excluding carboxylic acids is 2. The van der Waals surface area contributed by atoms with Crippen LogP contribution < -0.4 is 0 Å². The molecule has 1 rings (SSSR count). The molecule has 122 valence electrons. The van der Waals surface area contributed by atoms with Crippen LogP contribution in [0.2, 0.25) is 0 Å². The van der Waals surface area contributed by atoms with Gasteiger partial charge in [0.1, 0.15) is 6.61 Å². The topological polar surface area (TPSA) is 65.1 Å². The quantitative estimate of drug-likeness (QED) is 0.535. The van der Waals surface area contributed by atoms with Gasteiger partial charge < -0.3 is 19.1 Å². The van der Waals surface area contributed by atoms with Crippen molar-refractivity contribution in [2.24, 2.45) is 0 Å². The molecule has 1 amide bonds. The van der Waals surface area contributed by atoms with E-state index in [0.29, 0.717) is 6.54 Å². The lowest BCUT2D eigenvalue weighted by atomic mass is 10.2. The molecule has 1 aliphatic heterocycles. The Balaban J connectivity index is 2.28. The molecule has 0 aliphatic carbocycles. The largest absolute Gasteiger partial charge is 0.469 e. The number of amides is 1. The van der Waals surface area contributed by atoms with E-state index in [-0.39, 0.29) is 38.5 Å². The summed E-state index contributed by atoms with van der Waals surface area (Å²) in [4.78, 5) is 24.4. The lowest BCUT2D eigenvalue weighted by Crippen LogP contribution is -2.46. The van der Waals surface area contributed by atoms with E-state index < -0.39 is 24.9 Å². The molecule has 0 bridgehead atoms. The zero-order valence-electron chi connectivity index (χ0n) is 11.6. The number of esters is 1. The summed E-state index contributed by atoms with van der Waals surface area (Å²) < 4.78 is 49.8. The highest BCUT2D eigenvalue weighted by Gasteiger charge is 2.28. The molecular formula is C12H18F3NO5. The fourth-order valence-electron chi connectivity index (χ4n) is 1.84. The van der Waals surface area contributed by atoms with E-state index in [4.69, 9.17) is 4.74 Å². The number of alkyl halides is 3. The molecule has 0 aromatic heterocycles. The molecule has 1 aliphatic rings. The lowest BCUT2D eigenvalue weighted by Gasteiger charge is -2.32. The van der Waals surface area contributed by atoms with Gasteiger partial charge in [-0.15, -0.1) is 0 Å². The molecule has 0 aromatic carbocycles. The van der Waals surface area contributed by atoms with Crippen LogP contribution in [-0.2, 0) is 23.8 Å². The zero-order chi connectivity index (χ0) is 15.9. The Bertz CT molecular complexity index is 361. The van der Waals surface area contributed by atoms with Gasteiger partial charge in [0, 0.05) is 13.1 Å². The van der Waals surface area contributed by atoms with Crippen molar-refractivity contribution in [3.63, 3.8) is 0 Å². The van der Waals surface area contributed by atoms with Crippen LogP contribution in [0.5, 0.6) is 0 Å². The first kappa shape index (κ1) is 17.7. The van der Waals surface area contributed by atoms with Crippen LogP contribution in [0.3, 0.4) is 0 Å². The van der Waals surface area contributed by atoms with Gasteiger partial charge in [-0.05, 0) is 0 Å². The third kappa shape index (κ3) is 7.28. The molecule has 0 aromatic rings. The van der Waals surface area contributed by atoms with Crippen LogP contribution in [0.15, 0.2) is 0 Å². The summed E-state index contributed by atoms with van der Waals surface area (Å²) in [5, 5.41) is 0. The van der Waals surface area contributed by atoms with Crippen molar-refractivity contribution < 1.29 is 37.0 Å². The van der Waals surface area contributed by atoms with Gasteiger partial charge in [0.05, 0.1) is 39.3 Å². The SMILES string of the molecule is COC(=O)CC1CN(C(=O)CCOCC(F)(F)F)CCO1. The normalized spacial score (nSPS) is 19.4. The lowest BCUT2D eigenvalue weighted by molar-refractivity contribution is -0.175. The Morgan fingerprint density at radius 3 is 2.71 bits per heavy atom. The smallest absolute Gasteiger partial charge is 0.411 e. The minimum absolute atomic E-state index is 0.0326. The van der Waals surface area contributed by atoms with Crippen LogP contribution in [0, 0.1) is 0 Å². The van der Waals surface area contributed by atoms with Crippen molar-refractivity contribution in [3.05, 3.63) is 0 Å². The first-order valence-corrected chi connectivity index (χ1v) is 6.42. The number of hydrogen-bond donors (Lipinski definition) is 0. The number of methoxy groups -OCH3 is 1. The Labute approximate surface area is 120 Å². The fraction of sp³-hybridized carbons (Fsp3) is 0.833. The van der Waals surface area contributed by atoms with Crippen LogP contribution in [-0.4, -0.2) is 69.1 Å². The van der Waals surface area contributed by atoms with Gasteiger partial charge in [0.15, 0.2) is 0 Å². The molecule has 1 saturated heterocycles. The van der Waals surface area contributed by atoms with Crippen molar-refractivity contribution in [1.29, 1.82) is 0 Å². The second kappa shape index (κ2) is 8.18. The van der Waals surface area contributed by atoms with E-state index in [0.717, 1.165) is 0 Å². The number of rotatable bonds is 6. The van der Waals surface area contributed by atoms with Crippen molar-refractivity contribution in [3.8, 4) is 0 Å². The fourth-order valence-corrected chi connectivity index (χ4v) is 1.84. The second-order valence-corrected chi connectivity index (χ2v) is 4.53. The predicted molar refractivity (Wildman–Crippen MR) is 64.4 cm³/mol. The number of nitrogens with zero attached hydrogens (tertiary/aromatic N) is 1. The van der Waals surface area contributed by atoms with Gasteiger partial charge in [-0.1, -0.05) is 0 Å². The molecule has 21 heavy (non-hydrogen) atoms. The summed E-state index contributed by atoms with van der Waals surface area (Å²) in [5.41, 5.74) is 0. The molecule has 9 heteroatoms. The molecule has 1 atom stereocenters. The number of hydrogen-bond acceptors (Lipinski definition) is 5. The maximum Gasteiger partial charge on any atom is 0.411 e. The van der Waals surface area contributed by atoms with E-state index >= 15 is 0 Å². The summed E-state index contributed by atoms with van der Waals surface area (Å²) >= 11 is 0. The van der Waals surface area contributed by atoms with Gasteiger partial charge in [-0.3, -0.25) is 9.59 Å². The molecule has 1 heterocycles. The highest BCUT2D eigenvalue weighted by Crippen LogP contribution is 2.15. The van der Waals surface area contributed by atoms with Crippen molar-refractivity contribution in [2.45, 2.75) is 25.1 Å². The van der Waals surface area contributed by atoms with E-state index in [1.54, 1.807) is 0 Å². The molecule has 6 nitrogen and oxygen atoms in total. The molecule has 0 spiro atoms. The average molecular weight is 313 g/mol. The molecule has 1 unspecified atom stereocenters. The number of carbonyl (C=O) groups is 2. The van der Waals surface area contributed by atoms with Crippen LogP contribution in [0.25, 0.3) is 0 Å². The van der Waals surface area contributed by atoms with Crippen molar-refractivity contribution in [1.82, 2.24) is 4.90 Å². The molecule has 0 radical (unpaired) electrons. The zero-order valence-corrected chi connectivity index (χ0v) is 11.6. The monoisotopic (exact) mass is 313 g/mol. The maximum atomic E-state index is 11.9. The first-order valence-electron chi connectivity index (χ1n) is 6.42. The standard InChI is InChI=1S/C12H18F3NO5/c1-19-11(18)6-9-7-16(3-5-21-9)10(17)2-4-20-8-12(13,14)15/h9H,2-8H2,1H3.